The monoisotopic (exact) mass is 504 g/mol. The number of guanidine groups is 1. The zero-order valence-corrected chi connectivity index (χ0v) is 18.8. The number of aliphatic imine (C=N–C) groups is 1. The third-order valence-electron chi connectivity index (χ3n) is 6.42. The first-order chi connectivity index (χ1) is 13.2. The molecule has 2 saturated carbocycles. The van der Waals surface area contributed by atoms with Gasteiger partial charge in [-0.1, -0.05) is 18.9 Å². The van der Waals surface area contributed by atoms with Gasteiger partial charge in [-0.15, -0.1) is 24.0 Å². The van der Waals surface area contributed by atoms with Crippen LogP contribution in [0.25, 0.3) is 0 Å². The molecule has 0 spiro atoms. The molecule has 1 saturated heterocycles. The van der Waals surface area contributed by atoms with Crippen LogP contribution in [0, 0.1) is 11.6 Å². The third kappa shape index (κ3) is 4.96. The Labute approximate surface area is 183 Å². The van der Waals surface area contributed by atoms with Crippen molar-refractivity contribution in [2.45, 2.75) is 69.0 Å². The Balaban J connectivity index is 0.00000225. The molecule has 0 radical (unpaired) electrons. The summed E-state index contributed by atoms with van der Waals surface area (Å²) in [7, 11) is 1.75. The van der Waals surface area contributed by atoms with Crippen molar-refractivity contribution < 1.29 is 8.78 Å². The summed E-state index contributed by atoms with van der Waals surface area (Å²) >= 11 is 0. The molecule has 28 heavy (non-hydrogen) atoms. The molecule has 0 bridgehead atoms. The summed E-state index contributed by atoms with van der Waals surface area (Å²) in [5.74, 6) is -0.273. The van der Waals surface area contributed by atoms with Crippen LogP contribution in [0.3, 0.4) is 0 Å². The van der Waals surface area contributed by atoms with Gasteiger partial charge in [-0.05, 0) is 44.2 Å². The van der Waals surface area contributed by atoms with Gasteiger partial charge in [0.1, 0.15) is 11.6 Å². The molecule has 3 fully saturated rings. The Hall–Kier alpha value is -0.960. The minimum atomic E-state index is -0.452. The van der Waals surface area contributed by atoms with Gasteiger partial charge < -0.3 is 15.5 Å². The molecule has 4 nitrogen and oxygen atoms in total. The second-order valence-corrected chi connectivity index (χ2v) is 8.19. The van der Waals surface area contributed by atoms with Gasteiger partial charge in [0.15, 0.2) is 5.96 Å². The number of rotatable bonds is 4. The Morgan fingerprint density at radius 3 is 2.29 bits per heavy atom. The number of halogens is 3. The molecule has 1 heterocycles. The van der Waals surface area contributed by atoms with Crippen LogP contribution in [0.2, 0.25) is 0 Å². The molecule has 7 heteroatoms. The highest BCUT2D eigenvalue weighted by Gasteiger charge is 2.42. The summed E-state index contributed by atoms with van der Waals surface area (Å²) in [4.78, 5) is 6.98. The van der Waals surface area contributed by atoms with E-state index in [1.807, 2.05) is 0 Å². The Morgan fingerprint density at radius 2 is 1.68 bits per heavy atom. The normalized spacial score (nSPS) is 26.8. The van der Waals surface area contributed by atoms with Crippen LogP contribution in [0.5, 0.6) is 0 Å². The lowest BCUT2D eigenvalue weighted by Gasteiger charge is -2.36. The molecule has 2 aliphatic carbocycles. The molecular weight excluding hydrogens is 473 g/mol. The molecular formula is C21H31F2IN4. The number of hydrogen-bond acceptors (Lipinski definition) is 2. The minimum Gasteiger partial charge on any atom is -0.354 e. The Bertz CT molecular complexity index is 665. The molecule has 4 rings (SSSR count). The molecule has 3 aliphatic rings. The molecule has 1 aliphatic heterocycles. The van der Waals surface area contributed by atoms with E-state index >= 15 is 0 Å². The van der Waals surface area contributed by atoms with Crippen LogP contribution >= 0.6 is 24.0 Å². The van der Waals surface area contributed by atoms with Gasteiger partial charge in [0.2, 0.25) is 0 Å². The Morgan fingerprint density at radius 1 is 1.04 bits per heavy atom. The van der Waals surface area contributed by atoms with Crippen molar-refractivity contribution in [2.24, 2.45) is 4.99 Å². The lowest BCUT2D eigenvalue weighted by atomic mass is 10.0. The predicted molar refractivity (Wildman–Crippen MR) is 119 cm³/mol. The molecule has 2 unspecified atom stereocenters. The van der Waals surface area contributed by atoms with Crippen molar-refractivity contribution >= 4 is 29.9 Å². The molecule has 1 aromatic carbocycles. The highest BCUT2D eigenvalue weighted by molar-refractivity contribution is 14.0. The van der Waals surface area contributed by atoms with Crippen LogP contribution in [-0.2, 0) is 0 Å². The second kappa shape index (κ2) is 9.69. The number of hydrogen-bond donors (Lipinski definition) is 2. The molecule has 2 atom stereocenters. The van der Waals surface area contributed by atoms with Gasteiger partial charge >= 0.3 is 0 Å². The largest absolute Gasteiger partial charge is 0.354 e. The van der Waals surface area contributed by atoms with Gasteiger partial charge in [-0.25, -0.2) is 8.78 Å². The SMILES string of the molecule is CN=C(NC1CCN(C2CCCC2)CC1)NC1CC1c1c(F)cccc1F.I. The van der Waals surface area contributed by atoms with Crippen LogP contribution in [0.15, 0.2) is 23.2 Å². The maximum absolute atomic E-state index is 14.0. The lowest BCUT2D eigenvalue weighted by molar-refractivity contribution is 0.150. The van der Waals surface area contributed by atoms with Gasteiger partial charge in [-0.3, -0.25) is 4.99 Å². The molecule has 2 N–H and O–H groups in total. The maximum Gasteiger partial charge on any atom is 0.191 e. The zero-order chi connectivity index (χ0) is 18.8. The van der Waals surface area contributed by atoms with E-state index in [1.165, 1.54) is 43.9 Å². The van der Waals surface area contributed by atoms with Gasteiger partial charge in [-0.2, -0.15) is 0 Å². The van der Waals surface area contributed by atoms with Gasteiger partial charge in [0.25, 0.3) is 0 Å². The molecule has 156 valence electrons. The summed E-state index contributed by atoms with van der Waals surface area (Å²) in [6.07, 6.45) is 8.45. The Kier molecular flexibility index (Phi) is 7.53. The van der Waals surface area contributed by atoms with Crippen molar-refractivity contribution in [3.8, 4) is 0 Å². The topological polar surface area (TPSA) is 39.7 Å². The highest BCUT2D eigenvalue weighted by Crippen LogP contribution is 2.43. The van der Waals surface area contributed by atoms with Gasteiger partial charge in [0.05, 0.1) is 0 Å². The average molecular weight is 504 g/mol. The first-order valence-corrected chi connectivity index (χ1v) is 10.3. The second-order valence-electron chi connectivity index (χ2n) is 8.19. The summed E-state index contributed by atoms with van der Waals surface area (Å²) in [5.41, 5.74) is 0.204. The number of nitrogens with one attached hydrogen (secondary N) is 2. The average Bonchev–Trinajstić information content (AvgIpc) is 3.18. The van der Waals surface area contributed by atoms with Crippen molar-refractivity contribution in [3.05, 3.63) is 35.4 Å². The standard InChI is InChI=1S/C21H30F2N4.HI/c1-24-21(25-14-9-11-27(12-10-14)15-5-2-3-6-15)26-19-13-16(19)20-17(22)7-4-8-18(20)23;/h4,7-8,14-16,19H,2-3,5-6,9-13H2,1H3,(H2,24,25,26);1H. The maximum atomic E-state index is 14.0. The van der Waals surface area contributed by atoms with Crippen LogP contribution < -0.4 is 10.6 Å². The molecule has 0 amide bonds. The summed E-state index contributed by atoms with van der Waals surface area (Å²) < 4.78 is 27.9. The first kappa shape index (κ1) is 21.7. The number of likely N-dealkylation sites (tertiary alicyclic amines) is 1. The van der Waals surface area contributed by atoms with Gasteiger partial charge in [0, 0.05) is 49.7 Å². The van der Waals surface area contributed by atoms with E-state index in [2.05, 4.69) is 20.5 Å². The smallest absolute Gasteiger partial charge is 0.191 e. The summed E-state index contributed by atoms with van der Waals surface area (Å²) in [6, 6.07) is 5.33. The third-order valence-corrected chi connectivity index (χ3v) is 6.42. The summed E-state index contributed by atoms with van der Waals surface area (Å²) in [5, 5.41) is 6.86. The van der Waals surface area contributed by atoms with Crippen molar-refractivity contribution in [2.75, 3.05) is 20.1 Å². The fraction of sp³-hybridized carbons (Fsp3) is 0.667. The van der Waals surface area contributed by atoms with Crippen molar-refractivity contribution in [3.63, 3.8) is 0 Å². The van der Waals surface area contributed by atoms with Crippen LogP contribution in [-0.4, -0.2) is 49.1 Å². The van der Waals surface area contributed by atoms with E-state index in [4.69, 9.17) is 0 Å². The predicted octanol–water partition coefficient (Wildman–Crippen LogP) is 4.01. The van der Waals surface area contributed by atoms with E-state index in [1.54, 1.807) is 7.05 Å². The van der Waals surface area contributed by atoms with E-state index in [0.29, 0.717) is 6.04 Å². The van der Waals surface area contributed by atoms with E-state index < -0.39 is 11.6 Å². The number of benzene rings is 1. The minimum absolute atomic E-state index is 0. The fourth-order valence-electron chi connectivity index (χ4n) is 4.76. The van der Waals surface area contributed by atoms with Crippen molar-refractivity contribution in [1.29, 1.82) is 0 Å². The molecule has 1 aromatic rings. The van der Waals surface area contributed by atoms with E-state index in [0.717, 1.165) is 44.4 Å². The number of piperidine rings is 1. The number of nitrogens with zero attached hydrogens (tertiary/aromatic N) is 2. The zero-order valence-electron chi connectivity index (χ0n) is 16.5. The highest BCUT2D eigenvalue weighted by atomic mass is 127. The summed E-state index contributed by atoms with van der Waals surface area (Å²) in [6.45, 7) is 2.29. The first-order valence-electron chi connectivity index (χ1n) is 10.3. The quantitative estimate of drug-likeness (QED) is 0.370. The van der Waals surface area contributed by atoms with Crippen molar-refractivity contribution in [1.82, 2.24) is 15.5 Å². The van der Waals surface area contributed by atoms with E-state index in [9.17, 15) is 8.78 Å². The fourth-order valence-corrected chi connectivity index (χ4v) is 4.76. The van der Waals surface area contributed by atoms with Crippen LogP contribution in [0.4, 0.5) is 8.78 Å². The molecule has 0 aromatic heterocycles. The lowest BCUT2D eigenvalue weighted by Crippen LogP contribution is -2.50. The van der Waals surface area contributed by atoms with Crippen LogP contribution in [0.1, 0.15) is 56.4 Å². The van der Waals surface area contributed by atoms with E-state index in [-0.39, 0.29) is 41.5 Å².